The number of furan rings is 1. The third-order valence-corrected chi connectivity index (χ3v) is 5.42. The second kappa shape index (κ2) is 8.69. The first-order valence-corrected chi connectivity index (χ1v) is 10.2. The van der Waals surface area contributed by atoms with Crippen LogP contribution >= 0.6 is 22.9 Å². The van der Waals surface area contributed by atoms with Crippen LogP contribution in [0.25, 0.3) is 17.0 Å². The van der Waals surface area contributed by atoms with Gasteiger partial charge in [-0.25, -0.2) is 9.37 Å². The highest BCUT2D eigenvalue weighted by molar-refractivity contribution is 7.15. The Morgan fingerprint density at radius 2 is 2.17 bits per heavy atom. The molecule has 4 rings (SSSR count). The number of carbonyl (C=O) groups excluding carboxylic acids is 1. The molecule has 152 valence electrons. The van der Waals surface area contributed by atoms with Crippen LogP contribution in [0.3, 0.4) is 0 Å². The Morgan fingerprint density at radius 3 is 2.97 bits per heavy atom. The van der Waals surface area contributed by atoms with Gasteiger partial charge in [0.2, 0.25) is 5.91 Å². The molecular weight excluding hydrogens is 427 g/mol. The number of carbonyl (C=O) groups is 1. The molecule has 0 saturated heterocycles. The number of methoxy groups -OCH3 is 1. The summed E-state index contributed by atoms with van der Waals surface area (Å²) in [6, 6.07) is 11.8. The molecule has 0 aliphatic heterocycles. The van der Waals surface area contributed by atoms with Crippen LogP contribution in [0.5, 0.6) is 5.75 Å². The van der Waals surface area contributed by atoms with Gasteiger partial charge in [0, 0.05) is 40.0 Å². The monoisotopic (exact) mass is 442 g/mol. The summed E-state index contributed by atoms with van der Waals surface area (Å²) in [6.07, 6.45) is 4.95. The summed E-state index contributed by atoms with van der Waals surface area (Å²) >= 11 is 7.36. The number of anilines is 1. The molecule has 1 amide bonds. The van der Waals surface area contributed by atoms with Gasteiger partial charge in [-0.2, -0.15) is 0 Å². The number of thiazole rings is 1. The molecule has 0 saturated carbocycles. The van der Waals surface area contributed by atoms with Gasteiger partial charge in [0.15, 0.2) is 16.5 Å². The van der Waals surface area contributed by atoms with E-state index < -0.39 is 0 Å². The molecule has 0 bridgehead atoms. The maximum atomic E-state index is 13.8. The van der Waals surface area contributed by atoms with Crippen molar-refractivity contribution >= 4 is 51.0 Å². The van der Waals surface area contributed by atoms with Crippen molar-refractivity contribution in [2.24, 2.45) is 0 Å². The fourth-order valence-corrected chi connectivity index (χ4v) is 3.98. The van der Waals surface area contributed by atoms with Crippen LogP contribution in [0, 0.1) is 5.82 Å². The second-order valence-corrected chi connectivity index (χ2v) is 7.95. The number of benzene rings is 2. The first-order valence-electron chi connectivity index (χ1n) is 8.96. The fraction of sp³-hybridized carbons (Fsp3) is 0.0909. The van der Waals surface area contributed by atoms with Crippen molar-refractivity contribution in [1.29, 1.82) is 0 Å². The maximum Gasteiger partial charge on any atom is 0.250 e. The highest BCUT2D eigenvalue weighted by Gasteiger charge is 2.11. The number of amides is 1. The lowest BCUT2D eigenvalue weighted by atomic mass is 10.1. The molecule has 0 fully saturated rings. The van der Waals surface area contributed by atoms with E-state index in [9.17, 15) is 9.18 Å². The van der Waals surface area contributed by atoms with Gasteiger partial charge in [0.1, 0.15) is 11.6 Å². The standard InChI is InChI=1S/C22H16ClFN2O3S/c1-28-19-11-15(23)8-14-9-16(29-21(14)19)6-7-20(27)26-22-25-12-17(30-22)10-13-4-2-3-5-18(13)24/h2-9,11-12H,10H2,1H3,(H,25,26,27)/b7-6+. The summed E-state index contributed by atoms with van der Waals surface area (Å²) in [5.74, 6) is 0.391. The van der Waals surface area contributed by atoms with Gasteiger partial charge in [-0.1, -0.05) is 29.8 Å². The van der Waals surface area contributed by atoms with E-state index in [4.69, 9.17) is 20.8 Å². The Labute approximate surface area is 180 Å². The molecule has 2 heterocycles. The summed E-state index contributed by atoms with van der Waals surface area (Å²) in [5, 5.41) is 4.44. The number of rotatable bonds is 6. The highest BCUT2D eigenvalue weighted by Crippen LogP contribution is 2.32. The first-order chi connectivity index (χ1) is 14.5. The van der Waals surface area contributed by atoms with E-state index in [1.807, 2.05) is 0 Å². The zero-order chi connectivity index (χ0) is 21.1. The van der Waals surface area contributed by atoms with Gasteiger partial charge in [-0.3, -0.25) is 10.1 Å². The lowest BCUT2D eigenvalue weighted by molar-refractivity contribution is -0.111. The quantitative estimate of drug-likeness (QED) is 0.376. The van der Waals surface area contributed by atoms with Gasteiger partial charge in [0.25, 0.3) is 0 Å². The van der Waals surface area contributed by atoms with Crippen LogP contribution in [0.2, 0.25) is 5.02 Å². The van der Waals surface area contributed by atoms with Crippen LogP contribution < -0.4 is 10.1 Å². The molecule has 30 heavy (non-hydrogen) atoms. The van der Waals surface area contributed by atoms with E-state index >= 15 is 0 Å². The van der Waals surface area contributed by atoms with Crippen LogP contribution in [0.1, 0.15) is 16.2 Å². The third kappa shape index (κ3) is 4.53. The van der Waals surface area contributed by atoms with Crippen LogP contribution in [0.4, 0.5) is 9.52 Å². The van der Waals surface area contributed by atoms with Crippen molar-refractivity contribution in [2.75, 3.05) is 12.4 Å². The smallest absolute Gasteiger partial charge is 0.250 e. The Balaban J connectivity index is 1.43. The van der Waals surface area contributed by atoms with Crippen molar-refractivity contribution in [2.45, 2.75) is 6.42 Å². The van der Waals surface area contributed by atoms with Gasteiger partial charge >= 0.3 is 0 Å². The van der Waals surface area contributed by atoms with Crippen molar-refractivity contribution < 1.29 is 18.3 Å². The normalized spacial score (nSPS) is 11.3. The molecule has 8 heteroatoms. The second-order valence-electron chi connectivity index (χ2n) is 6.40. The number of fused-ring (bicyclic) bond motifs is 1. The first kappa shape index (κ1) is 20.1. The molecular formula is C22H16ClFN2O3S. The molecule has 2 aromatic heterocycles. The molecule has 0 radical (unpaired) electrons. The SMILES string of the molecule is COc1cc(Cl)cc2cc(/C=C/C(=O)Nc3ncc(Cc4ccccc4F)s3)oc12. The Kier molecular flexibility index (Phi) is 5.83. The molecule has 1 N–H and O–H groups in total. The Morgan fingerprint density at radius 1 is 1.33 bits per heavy atom. The molecule has 0 aliphatic carbocycles. The zero-order valence-electron chi connectivity index (χ0n) is 15.8. The molecule has 5 nitrogen and oxygen atoms in total. The van der Waals surface area contributed by atoms with Crippen molar-refractivity contribution in [3.8, 4) is 5.75 Å². The summed E-state index contributed by atoms with van der Waals surface area (Å²) in [7, 11) is 1.53. The van der Waals surface area contributed by atoms with E-state index in [1.165, 1.54) is 30.6 Å². The molecule has 4 aromatic rings. The number of ether oxygens (including phenoxy) is 1. The minimum Gasteiger partial charge on any atom is -0.493 e. The molecule has 0 spiro atoms. The van der Waals surface area contributed by atoms with E-state index in [-0.39, 0.29) is 11.7 Å². The van der Waals surface area contributed by atoms with E-state index in [1.54, 1.807) is 48.7 Å². The van der Waals surface area contributed by atoms with Crippen molar-refractivity contribution in [3.63, 3.8) is 0 Å². The average molecular weight is 443 g/mol. The number of nitrogens with one attached hydrogen (secondary N) is 1. The van der Waals surface area contributed by atoms with E-state index in [2.05, 4.69) is 10.3 Å². The van der Waals surface area contributed by atoms with Crippen LogP contribution in [-0.4, -0.2) is 18.0 Å². The maximum absolute atomic E-state index is 13.8. The number of hydrogen-bond donors (Lipinski definition) is 1. The molecule has 0 aliphatic rings. The molecule has 0 atom stereocenters. The van der Waals surface area contributed by atoms with Crippen LogP contribution in [-0.2, 0) is 11.2 Å². The number of hydrogen-bond acceptors (Lipinski definition) is 5. The summed E-state index contributed by atoms with van der Waals surface area (Å²) in [5.41, 5.74) is 1.14. The lowest BCUT2D eigenvalue weighted by Gasteiger charge is -2.00. The van der Waals surface area contributed by atoms with Gasteiger partial charge in [-0.15, -0.1) is 11.3 Å². The minimum absolute atomic E-state index is 0.261. The van der Waals surface area contributed by atoms with Gasteiger partial charge in [0.05, 0.1) is 7.11 Å². The summed E-state index contributed by atoms with van der Waals surface area (Å²) in [4.78, 5) is 17.2. The largest absolute Gasteiger partial charge is 0.493 e. The predicted molar refractivity (Wildman–Crippen MR) is 117 cm³/mol. The number of nitrogens with zero attached hydrogens (tertiary/aromatic N) is 1. The Bertz CT molecular complexity index is 1250. The number of aromatic nitrogens is 1. The third-order valence-electron chi connectivity index (χ3n) is 4.29. The van der Waals surface area contributed by atoms with Gasteiger partial charge in [-0.05, 0) is 29.8 Å². The molecule has 2 aromatic carbocycles. The van der Waals surface area contributed by atoms with Crippen molar-refractivity contribution in [1.82, 2.24) is 4.98 Å². The van der Waals surface area contributed by atoms with E-state index in [0.717, 1.165) is 10.3 Å². The zero-order valence-corrected chi connectivity index (χ0v) is 17.4. The minimum atomic E-state index is -0.354. The summed E-state index contributed by atoms with van der Waals surface area (Å²) in [6.45, 7) is 0. The highest BCUT2D eigenvalue weighted by atomic mass is 35.5. The topological polar surface area (TPSA) is 64.4 Å². The lowest BCUT2D eigenvalue weighted by Crippen LogP contribution is -2.06. The van der Waals surface area contributed by atoms with E-state index in [0.29, 0.717) is 39.2 Å². The van der Waals surface area contributed by atoms with Gasteiger partial charge < -0.3 is 9.15 Å². The average Bonchev–Trinajstić information content (AvgIpc) is 3.34. The van der Waals surface area contributed by atoms with Crippen molar-refractivity contribution in [3.05, 3.63) is 81.8 Å². The van der Waals surface area contributed by atoms with Crippen LogP contribution in [0.15, 0.2) is 59.2 Å². The fourth-order valence-electron chi connectivity index (χ4n) is 2.92. The molecule has 0 unspecified atom stereocenters. The Hall–Kier alpha value is -3.16. The summed E-state index contributed by atoms with van der Waals surface area (Å²) < 4.78 is 24.8. The predicted octanol–water partition coefficient (Wildman–Crippen LogP) is 5.93. The number of halogens is 2.